The lowest BCUT2D eigenvalue weighted by Gasteiger charge is -2.15. The molecule has 1 aromatic carbocycles. The van der Waals surface area contributed by atoms with E-state index in [4.69, 9.17) is 25.4 Å². The van der Waals surface area contributed by atoms with Gasteiger partial charge in [0.25, 0.3) is 0 Å². The zero-order valence-electron chi connectivity index (χ0n) is 16.4. The summed E-state index contributed by atoms with van der Waals surface area (Å²) < 4.78 is 17.2. The van der Waals surface area contributed by atoms with Crippen LogP contribution in [0.3, 0.4) is 0 Å². The molecule has 144 valence electrons. The van der Waals surface area contributed by atoms with Gasteiger partial charge >= 0.3 is 0 Å². The lowest BCUT2D eigenvalue weighted by Crippen LogP contribution is -2.08. The van der Waals surface area contributed by atoms with Crippen LogP contribution in [0, 0.1) is 5.41 Å². The lowest BCUT2D eigenvalue weighted by atomic mass is 9.91. The number of nitrogens with two attached hydrogens (primary N) is 2. The third-order valence-corrected chi connectivity index (χ3v) is 4.29. The summed E-state index contributed by atoms with van der Waals surface area (Å²) in [5, 5.41) is 0.961. The molecule has 4 N–H and O–H groups in total. The molecule has 2 heterocycles. The van der Waals surface area contributed by atoms with E-state index in [1.807, 2.05) is 6.07 Å². The highest BCUT2D eigenvalue weighted by Gasteiger charge is 2.22. The van der Waals surface area contributed by atoms with Crippen LogP contribution in [0.5, 0.6) is 11.5 Å². The first-order valence-corrected chi connectivity index (χ1v) is 8.75. The van der Waals surface area contributed by atoms with Crippen molar-refractivity contribution in [3.63, 3.8) is 0 Å². The summed E-state index contributed by atoms with van der Waals surface area (Å²) >= 11 is 0. The highest BCUT2D eigenvalue weighted by atomic mass is 16.5. The second kappa shape index (κ2) is 6.98. The van der Waals surface area contributed by atoms with Gasteiger partial charge < -0.3 is 25.4 Å². The number of benzene rings is 1. The van der Waals surface area contributed by atoms with Crippen LogP contribution >= 0.6 is 0 Å². The van der Waals surface area contributed by atoms with E-state index >= 15 is 0 Å². The van der Waals surface area contributed by atoms with Crippen LogP contribution in [-0.4, -0.2) is 24.2 Å². The molecule has 0 aliphatic heterocycles. The first-order valence-electron chi connectivity index (χ1n) is 8.75. The summed E-state index contributed by atoms with van der Waals surface area (Å²) in [4.78, 5) is 8.10. The number of nitrogen functional groups attached to an aromatic ring is 2. The molecule has 7 nitrogen and oxygen atoms in total. The third-order valence-electron chi connectivity index (χ3n) is 4.29. The number of hydrogen-bond acceptors (Lipinski definition) is 7. The zero-order chi connectivity index (χ0) is 19.8. The molecule has 0 spiro atoms. The fourth-order valence-corrected chi connectivity index (χ4v) is 3.14. The SMILES string of the molecule is COc1cc(Cc2cnc(N)nc2N)c2cc(CC(C)(C)C)oc2c1OC. The smallest absolute Gasteiger partial charge is 0.221 e. The van der Waals surface area contributed by atoms with Crippen LogP contribution in [0.15, 0.2) is 22.7 Å². The van der Waals surface area contributed by atoms with Crippen molar-refractivity contribution >= 4 is 22.7 Å². The average Bonchev–Trinajstić information content (AvgIpc) is 2.98. The van der Waals surface area contributed by atoms with Gasteiger partial charge in [0, 0.05) is 30.0 Å². The number of furan rings is 1. The summed E-state index contributed by atoms with van der Waals surface area (Å²) in [7, 11) is 3.21. The van der Waals surface area contributed by atoms with Crippen molar-refractivity contribution in [1.29, 1.82) is 0 Å². The molecular weight excluding hydrogens is 344 g/mol. The summed E-state index contributed by atoms with van der Waals surface area (Å²) in [5.41, 5.74) is 14.2. The molecule has 0 aliphatic rings. The molecule has 3 rings (SSSR count). The maximum atomic E-state index is 6.15. The van der Waals surface area contributed by atoms with Gasteiger partial charge in [-0.2, -0.15) is 4.98 Å². The minimum atomic E-state index is 0.0978. The summed E-state index contributed by atoms with van der Waals surface area (Å²) in [6.07, 6.45) is 2.98. The highest BCUT2D eigenvalue weighted by Crippen LogP contribution is 2.41. The van der Waals surface area contributed by atoms with Gasteiger partial charge in [0.2, 0.25) is 11.7 Å². The molecule has 0 radical (unpaired) electrons. The highest BCUT2D eigenvalue weighted by molar-refractivity contribution is 5.90. The number of aromatic nitrogens is 2. The van der Waals surface area contributed by atoms with Crippen LogP contribution in [0.1, 0.15) is 37.7 Å². The average molecular weight is 370 g/mol. The Morgan fingerprint density at radius 2 is 1.81 bits per heavy atom. The van der Waals surface area contributed by atoms with Crippen molar-refractivity contribution in [3.05, 3.63) is 35.2 Å². The van der Waals surface area contributed by atoms with Crippen molar-refractivity contribution in [3.8, 4) is 11.5 Å². The van der Waals surface area contributed by atoms with Crippen molar-refractivity contribution in [1.82, 2.24) is 9.97 Å². The van der Waals surface area contributed by atoms with Gasteiger partial charge in [-0.3, -0.25) is 0 Å². The molecule has 0 bridgehead atoms. The van der Waals surface area contributed by atoms with Crippen LogP contribution < -0.4 is 20.9 Å². The molecule has 0 atom stereocenters. The van der Waals surface area contributed by atoms with Gasteiger partial charge in [-0.15, -0.1) is 0 Å². The molecule has 2 aromatic heterocycles. The summed E-state index contributed by atoms with van der Waals surface area (Å²) in [6, 6.07) is 4.00. The van der Waals surface area contributed by atoms with Crippen LogP contribution in [0.4, 0.5) is 11.8 Å². The molecule has 0 aliphatic carbocycles. The zero-order valence-corrected chi connectivity index (χ0v) is 16.4. The number of ether oxygens (including phenoxy) is 2. The Morgan fingerprint density at radius 1 is 1.07 bits per heavy atom. The second-order valence-electron chi connectivity index (χ2n) is 7.78. The molecule has 0 fully saturated rings. The van der Waals surface area contributed by atoms with Gasteiger partial charge in [0.1, 0.15) is 11.6 Å². The summed E-state index contributed by atoms with van der Waals surface area (Å²) in [6.45, 7) is 6.52. The van der Waals surface area contributed by atoms with E-state index in [0.717, 1.165) is 28.7 Å². The van der Waals surface area contributed by atoms with E-state index in [1.165, 1.54) is 0 Å². The van der Waals surface area contributed by atoms with Crippen molar-refractivity contribution in [2.24, 2.45) is 5.41 Å². The maximum Gasteiger partial charge on any atom is 0.221 e. The van der Waals surface area contributed by atoms with E-state index in [-0.39, 0.29) is 11.4 Å². The van der Waals surface area contributed by atoms with Gasteiger partial charge in [-0.1, -0.05) is 20.8 Å². The monoisotopic (exact) mass is 370 g/mol. The standard InChI is InChI=1S/C20H26N4O3/c1-20(2,3)9-13-8-14-11(6-12-10-23-19(22)24-18(12)21)7-15(25-4)17(26-5)16(14)27-13/h7-8,10H,6,9H2,1-5H3,(H4,21,22,23,24). The predicted octanol–water partition coefficient (Wildman–Crippen LogP) is 3.58. The molecule has 7 heteroatoms. The Kier molecular flexibility index (Phi) is 4.87. The topological polar surface area (TPSA) is 109 Å². The van der Waals surface area contributed by atoms with E-state index < -0.39 is 0 Å². The Hall–Kier alpha value is -2.96. The van der Waals surface area contributed by atoms with E-state index in [9.17, 15) is 0 Å². The minimum absolute atomic E-state index is 0.0978. The largest absolute Gasteiger partial charge is 0.493 e. The van der Waals surface area contributed by atoms with Crippen LogP contribution in [0.25, 0.3) is 11.0 Å². The second-order valence-corrected chi connectivity index (χ2v) is 7.78. The van der Waals surface area contributed by atoms with Gasteiger partial charge in [-0.25, -0.2) is 4.98 Å². The summed E-state index contributed by atoms with van der Waals surface area (Å²) in [5.74, 6) is 2.60. The predicted molar refractivity (Wildman–Crippen MR) is 106 cm³/mol. The van der Waals surface area contributed by atoms with E-state index in [2.05, 4.69) is 36.8 Å². The molecule has 0 saturated carbocycles. The fraction of sp³-hybridized carbons (Fsp3) is 0.400. The van der Waals surface area contributed by atoms with Gasteiger partial charge in [-0.05, 0) is 23.1 Å². The number of nitrogens with zero attached hydrogens (tertiary/aromatic N) is 2. The van der Waals surface area contributed by atoms with Crippen molar-refractivity contribution < 1.29 is 13.9 Å². The lowest BCUT2D eigenvalue weighted by molar-refractivity contribution is 0.345. The number of methoxy groups -OCH3 is 2. The van der Waals surface area contributed by atoms with Crippen LogP contribution in [0.2, 0.25) is 0 Å². The Bertz CT molecular complexity index is 973. The first kappa shape index (κ1) is 18.8. The normalized spacial score (nSPS) is 11.7. The molecule has 27 heavy (non-hydrogen) atoms. The van der Waals surface area contributed by atoms with E-state index in [0.29, 0.717) is 29.3 Å². The molecule has 0 unspecified atom stereocenters. The number of rotatable bonds is 5. The molecular formula is C20H26N4O3. The quantitative estimate of drug-likeness (QED) is 0.706. The number of hydrogen-bond donors (Lipinski definition) is 2. The van der Waals surface area contributed by atoms with Crippen LogP contribution in [-0.2, 0) is 12.8 Å². The third kappa shape index (κ3) is 3.92. The fourth-order valence-electron chi connectivity index (χ4n) is 3.14. The van der Waals surface area contributed by atoms with Crippen molar-refractivity contribution in [2.75, 3.05) is 25.7 Å². The molecule has 0 saturated heterocycles. The Morgan fingerprint density at radius 3 is 2.41 bits per heavy atom. The Balaban J connectivity index is 2.15. The minimum Gasteiger partial charge on any atom is -0.493 e. The molecule has 3 aromatic rings. The number of anilines is 2. The van der Waals surface area contributed by atoms with Gasteiger partial charge in [0.15, 0.2) is 11.3 Å². The Labute approximate surface area is 158 Å². The maximum absolute atomic E-state index is 6.15. The first-order chi connectivity index (χ1) is 12.7. The van der Waals surface area contributed by atoms with E-state index in [1.54, 1.807) is 20.4 Å². The van der Waals surface area contributed by atoms with Crippen molar-refractivity contribution in [2.45, 2.75) is 33.6 Å². The van der Waals surface area contributed by atoms with Gasteiger partial charge in [0.05, 0.1) is 14.2 Å². The molecule has 0 amide bonds. The number of fused-ring (bicyclic) bond motifs is 1.